The number of carbonyl (C=O) groups is 1. The van der Waals surface area contributed by atoms with Crippen LogP contribution in [-0.4, -0.2) is 25.5 Å². The van der Waals surface area contributed by atoms with Gasteiger partial charge in [-0.05, 0) is 13.8 Å². The Morgan fingerprint density at radius 3 is 2.80 bits per heavy atom. The molecule has 0 fully saturated rings. The first-order valence-electron chi connectivity index (χ1n) is 6.56. The molecular weight excluding hydrogens is 278 g/mol. The monoisotopic (exact) mass is 295 g/mol. The van der Waals surface area contributed by atoms with Crippen molar-refractivity contribution in [1.29, 1.82) is 0 Å². The van der Waals surface area contributed by atoms with Gasteiger partial charge >= 0.3 is 0 Å². The minimum absolute atomic E-state index is 0.0136. The zero-order valence-corrected chi connectivity index (χ0v) is 12.4. The highest BCUT2D eigenvalue weighted by Crippen LogP contribution is 2.06. The Labute approximate surface area is 122 Å². The molecule has 0 saturated heterocycles. The van der Waals surface area contributed by atoms with Crippen LogP contribution in [-0.2, 0) is 24.4 Å². The van der Waals surface area contributed by atoms with Gasteiger partial charge in [0.05, 0.1) is 16.9 Å². The standard InChI is InChI=1S/C13H18ClN5O/c1-3-18-8-11(10(2)17-18)6-15-13(20)4-5-19-9-12(14)7-16-19/h7-9H,3-6H2,1-2H3,(H,15,20). The van der Waals surface area contributed by atoms with Gasteiger partial charge in [0, 0.05) is 44.0 Å². The van der Waals surface area contributed by atoms with Crippen molar-refractivity contribution in [1.82, 2.24) is 24.9 Å². The van der Waals surface area contributed by atoms with E-state index in [-0.39, 0.29) is 5.91 Å². The molecule has 0 saturated carbocycles. The molecule has 7 heteroatoms. The minimum Gasteiger partial charge on any atom is -0.352 e. The summed E-state index contributed by atoms with van der Waals surface area (Å²) in [6, 6.07) is 0. The zero-order chi connectivity index (χ0) is 14.5. The van der Waals surface area contributed by atoms with Crippen LogP contribution < -0.4 is 5.32 Å². The average molecular weight is 296 g/mol. The number of amides is 1. The molecule has 108 valence electrons. The molecule has 0 aliphatic heterocycles. The summed E-state index contributed by atoms with van der Waals surface area (Å²) in [6.45, 7) is 5.83. The largest absolute Gasteiger partial charge is 0.352 e. The summed E-state index contributed by atoms with van der Waals surface area (Å²) in [7, 11) is 0. The molecular formula is C13H18ClN5O. The number of aryl methyl sites for hydroxylation is 3. The number of rotatable bonds is 6. The molecule has 0 unspecified atom stereocenters. The summed E-state index contributed by atoms with van der Waals surface area (Å²) in [4.78, 5) is 11.8. The first-order valence-corrected chi connectivity index (χ1v) is 6.94. The second-order valence-electron chi connectivity index (χ2n) is 4.54. The molecule has 1 N–H and O–H groups in total. The zero-order valence-electron chi connectivity index (χ0n) is 11.6. The first kappa shape index (κ1) is 14.6. The van der Waals surface area contributed by atoms with Crippen LogP contribution in [0.2, 0.25) is 5.02 Å². The van der Waals surface area contributed by atoms with Gasteiger partial charge in [0.1, 0.15) is 0 Å². The molecule has 2 heterocycles. The van der Waals surface area contributed by atoms with Crippen molar-refractivity contribution >= 4 is 17.5 Å². The van der Waals surface area contributed by atoms with Crippen LogP contribution in [0.15, 0.2) is 18.6 Å². The molecule has 6 nitrogen and oxygen atoms in total. The number of aromatic nitrogens is 4. The maximum atomic E-state index is 11.8. The maximum Gasteiger partial charge on any atom is 0.222 e. The predicted molar refractivity (Wildman–Crippen MR) is 76.3 cm³/mol. The number of nitrogens with one attached hydrogen (secondary N) is 1. The fourth-order valence-corrected chi connectivity index (χ4v) is 2.01. The van der Waals surface area contributed by atoms with Crippen molar-refractivity contribution in [3.8, 4) is 0 Å². The third-order valence-corrected chi connectivity index (χ3v) is 3.21. The van der Waals surface area contributed by atoms with Gasteiger partial charge in [-0.3, -0.25) is 14.2 Å². The van der Waals surface area contributed by atoms with Gasteiger partial charge in [0.2, 0.25) is 5.91 Å². The lowest BCUT2D eigenvalue weighted by Gasteiger charge is -2.04. The molecule has 0 aliphatic carbocycles. The molecule has 0 radical (unpaired) electrons. The van der Waals surface area contributed by atoms with Crippen molar-refractivity contribution in [2.45, 2.75) is 39.9 Å². The van der Waals surface area contributed by atoms with E-state index in [0.29, 0.717) is 24.5 Å². The molecule has 2 rings (SSSR count). The predicted octanol–water partition coefficient (Wildman–Crippen LogP) is 1.77. The van der Waals surface area contributed by atoms with Crippen LogP contribution in [0.3, 0.4) is 0 Å². The lowest BCUT2D eigenvalue weighted by molar-refractivity contribution is -0.121. The highest BCUT2D eigenvalue weighted by molar-refractivity contribution is 6.30. The topological polar surface area (TPSA) is 64.7 Å². The summed E-state index contributed by atoms with van der Waals surface area (Å²) >= 11 is 5.76. The summed E-state index contributed by atoms with van der Waals surface area (Å²) in [5.74, 6) is -0.0136. The van der Waals surface area contributed by atoms with Crippen LogP contribution in [0, 0.1) is 6.92 Å². The van der Waals surface area contributed by atoms with Crippen LogP contribution >= 0.6 is 11.6 Å². The Balaban J connectivity index is 1.78. The highest BCUT2D eigenvalue weighted by atomic mass is 35.5. The van der Waals surface area contributed by atoms with E-state index in [9.17, 15) is 4.79 Å². The Hall–Kier alpha value is -1.82. The van der Waals surface area contributed by atoms with E-state index in [2.05, 4.69) is 15.5 Å². The summed E-state index contributed by atoms with van der Waals surface area (Å²) < 4.78 is 3.52. The molecule has 1 amide bonds. The van der Waals surface area contributed by atoms with E-state index in [1.54, 1.807) is 17.1 Å². The Kier molecular flexibility index (Phi) is 4.79. The second-order valence-corrected chi connectivity index (χ2v) is 4.98. The number of hydrogen-bond donors (Lipinski definition) is 1. The lowest BCUT2D eigenvalue weighted by atomic mass is 10.2. The van der Waals surface area contributed by atoms with Crippen LogP contribution in [0.1, 0.15) is 24.6 Å². The number of halogens is 1. The smallest absolute Gasteiger partial charge is 0.222 e. The molecule has 20 heavy (non-hydrogen) atoms. The van der Waals surface area contributed by atoms with E-state index in [1.807, 2.05) is 24.7 Å². The number of hydrogen-bond acceptors (Lipinski definition) is 3. The molecule has 0 bridgehead atoms. The SMILES string of the molecule is CCn1cc(CNC(=O)CCn2cc(Cl)cn2)c(C)n1. The third kappa shape index (κ3) is 3.84. The van der Waals surface area contributed by atoms with Gasteiger partial charge in [0.15, 0.2) is 0 Å². The van der Waals surface area contributed by atoms with Crippen molar-refractivity contribution in [2.24, 2.45) is 0 Å². The minimum atomic E-state index is -0.0136. The quantitative estimate of drug-likeness (QED) is 0.883. The average Bonchev–Trinajstić information content (AvgIpc) is 3.00. The normalized spacial score (nSPS) is 10.8. The fraction of sp³-hybridized carbons (Fsp3) is 0.462. The van der Waals surface area contributed by atoms with E-state index in [4.69, 9.17) is 11.6 Å². The highest BCUT2D eigenvalue weighted by Gasteiger charge is 2.07. The van der Waals surface area contributed by atoms with E-state index >= 15 is 0 Å². The Morgan fingerprint density at radius 1 is 1.40 bits per heavy atom. The lowest BCUT2D eigenvalue weighted by Crippen LogP contribution is -2.24. The van der Waals surface area contributed by atoms with Gasteiger partial charge < -0.3 is 5.32 Å². The van der Waals surface area contributed by atoms with E-state index < -0.39 is 0 Å². The molecule has 2 aromatic rings. The summed E-state index contributed by atoms with van der Waals surface area (Å²) in [5, 5.41) is 11.8. The van der Waals surface area contributed by atoms with Crippen molar-refractivity contribution in [2.75, 3.05) is 0 Å². The van der Waals surface area contributed by atoms with E-state index in [0.717, 1.165) is 17.8 Å². The Morgan fingerprint density at radius 2 is 2.20 bits per heavy atom. The maximum absolute atomic E-state index is 11.8. The third-order valence-electron chi connectivity index (χ3n) is 3.02. The van der Waals surface area contributed by atoms with Gasteiger partial charge in [-0.2, -0.15) is 10.2 Å². The van der Waals surface area contributed by atoms with Crippen LogP contribution in [0.4, 0.5) is 0 Å². The van der Waals surface area contributed by atoms with Crippen LogP contribution in [0.25, 0.3) is 0 Å². The van der Waals surface area contributed by atoms with Crippen molar-refractivity contribution in [3.63, 3.8) is 0 Å². The number of nitrogens with zero attached hydrogens (tertiary/aromatic N) is 4. The summed E-state index contributed by atoms with van der Waals surface area (Å²) in [6.07, 6.45) is 5.59. The van der Waals surface area contributed by atoms with Gasteiger partial charge in [0.25, 0.3) is 0 Å². The molecule has 0 spiro atoms. The van der Waals surface area contributed by atoms with Gasteiger partial charge in [-0.25, -0.2) is 0 Å². The van der Waals surface area contributed by atoms with Crippen molar-refractivity contribution < 1.29 is 4.79 Å². The molecule has 0 aromatic carbocycles. The molecule has 2 aromatic heterocycles. The first-order chi connectivity index (χ1) is 9.58. The summed E-state index contributed by atoms with van der Waals surface area (Å²) in [5.41, 5.74) is 1.99. The van der Waals surface area contributed by atoms with Crippen molar-refractivity contribution in [3.05, 3.63) is 34.9 Å². The van der Waals surface area contributed by atoms with E-state index in [1.165, 1.54) is 0 Å². The van der Waals surface area contributed by atoms with Gasteiger partial charge in [-0.1, -0.05) is 11.6 Å². The number of carbonyl (C=O) groups excluding carboxylic acids is 1. The fourth-order valence-electron chi connectivity index (χ4n) is 1.85. The molecule has 0 atom stereocenters. The second kappa shape index (κ2) is 6.56. The Bertz CT molecular complexity index is 589. The van der Waals surface area contributed by atoms with Crippen LogP contribution in [0.5, 0.6) is 0 Å². The van der Waals surface area contributed by atoms with Gasteiger partial charge in [-0.15, -0.1) is 0 Å². The molecule has 0 aliphatic rings.